The molecule has 1 saturated carbocycles. The summed E-state index contributed by atoms with van der Waals surface area (Å²) in [5.41, 5.74) is 2.28. The van der Waals surface area contributed by atoms with Crippen molar-refractivity contribution in [3.05, 3.63) is 41.6 Å². The molecule has 3 aromatic rings. The summed E-state index contributed by atoms with van der Waals surface area (Å²) in [6.45, 7) is 2.07. The first-order chi connectivity index (χ1) is 12.4. The van der Waals surface area contributed by atoms with E-state index in [9.17, 15) is 13.2 Å². The molecule has 2 heterocycles. The lowest BCUT2D eigenvalue weighted by atomic mass is 10.2. The first kappa shape index (κ1) is 17.4. The van der Waals surface area contributed by atoms with Gasteiger partial charge in [0.2, 0.25) is 0 Å². The number of hydrogen-bond donors (Lipinski definition) is 0. The molecule has 0 N–H and O–H groups in total. The van der Waals surface area contributed by atoms with Crippen LogP contribution in [0, 0.1) is 0 Å². The van der Waals surface area contributed by atoms with E-state index in [0.717, 1.165) is 28.5 Å². The summed E-state index contributed by atoms with van der Waals surface area (Å²) in [5, 5.41) is 0. The number of hydrogen-bond acceptors (Lipinski definition) is 3. The van der Waals surface area contributed by atoms with Gasteiger partial charge in [-0.25, -0.2) is 4.98 Å². The molecule has 26 heavy (non-hydrogen) atoms. The predicted molar refractivity (Wildman–Crippen MR) is 97.3 cm³/mol. The molecule has 0 radical (unpaired) electrons. The fraction of sp³-hybridized carbons (Fsp3) is 0.368. The standard InChI is InChI=1S/C19H18F3N3S/c1-3-26-16-8-12(11-4-5-11)10-23-17(16)18-24-14-9-13(19(20,21)22)6-7-15(14)25(18)2/h6-11H,3-5H2,1-2H3. The lowest BCUT2D eigenvalue weighted by Gasteiger charge is -2.10. The van der Waals surface area contributed by atoms with E-state index < -0.39 is 11.7 Å². The van der Waals surface area contributed by atoms with Crippen LogP contribution >= 0.6 is 11.8 Å². The van der Waals surface area contributed by atoms with Gasteiger partial charge in [0, 0.05) is 18.1 Å². The number of thioether (sulfide) groups is 1. The highest BCUT2D eigenvalue weighted by atomic mass is 32.2. The number of benzene rings is 1. The zero-order chi connectivity index (χ0) is 18.5. The zero-order valence-corrected chi connectivity index (χ0v) is 15.3. The van der Waals surface area contributed by atoms with Gasteiger partial charge in [-0.15, -0.1) is 11.8 Å². The summed E-state index contributed by atoms with van der Waals surface area (Å²) < 4.78 is 40.8. The van der Waals surface area contributed by atoms with Crippen molar-refractivity contribution in [2.24, 2.45) is 7.05 Å². The Morgan fingerprint density at radius 1 is 1.23 bits per heavy atom. The van der Waals surface area contributed by atoms with E-state index in [1.807, 2.05) is 17.8 Å². The molecule has 0 atom stereocenters. The van der Waals surface area contributed by atoms with E-state index in [4.69, 9.17) is 0 Å². The zero-order valence-electron chi connectivity index (χ0n) is 14.5. The lowest BCUT2D eigenvalue weighted by molar-refractivity contribution is -0.137. The largest absolute Gasteiger partial charge is 0.416 e. The van der Waals surface area contributed by atoms with Crippen LogP contribution in [-0.2, 0) is 13.2 Å². The van der Waals surface area contributed by atoms with Crippen molar-refractivity contribution in [2.75, 3.05) is 5.75 Å². The van der Waals surface area contributed by atoms with Crippen LogP contribution in [0.25, 0.3) is 22.6 Å². The molecule has 0 unspecified atom stereocenters. The number of fused-ring (bicyclic) bond motifs is 1. The summed E-state index contributed by atoms with van der Waals surface area (Å²) in [6.07, 6.45) is -0.0972. The Morgan fingerprint density at radius 2 is 2.00 bits per heavy atom. The first-order valence-corrected chi connectivity index (χ1v) is 9.54. The van der Waals surface area contributed by atoms with E-state index in [-0.39, 0.29) is 0 Å². The molecular formula is C19H18F3N3S. The molecule has 1 aliphatic carbocycles. The number of nitrogens with zero attached hydrogens (tertiary/aromatic N) is 3. The van der Waals surface area contributed by atoms with Crippen LogP contribution in [0.2, 0.25) is 0 Å². The van der Waals surface area contributed by atoms with Gasteiger partial charge in [-0.2, -0.15) is 13.2 Å². The molecule has 0 aliphatic heterocycles. The van der Waals surface area contributed by atoms with E-state index in [2.05, 4.69) is 23.0 Å². The minimum absolute atomic E-state index is 0.331. The van der Waals surface area contributed by atoms with Gasteiger partial charge in [0.15, 0.2) is 5.82 Å². The average Bonchev–Trinajstić information content (AvgIpc) is 3.39. The molecule has 0 bridgehead atoms. The summed E-state index contributed by atoms with van der Waals surface area (Å²) >= 11 is 1.69. The number of halogens is 3. The van der Waals surface area contributed by atoms with Gasteiger partial charge < -0.3 is 4.57 Å². The van der Waals surface area contributed by atoms with Crippen molar-refractivity contribution in [1.29, 1.82) is 0 Å². The molecule has 0 amide bonds. The monoisotopic (exact) mass is 377 g/mol. The molecule has 136 valence electrons. The molecule has 3 nitrogen and oxygen atoms in total. The molecule has 4 rings (SSSR count). The van der Waals surface area contributed by atoms with Crippen LogP contribution in [-0.4, -0.2) is 20.3 Å². The Balaban J connectivity index is 1.84. The van der Waals surface area contributed by atoms with E-state index >= 15 is 0 Å². The number of pyridine rings is 1. The lowest BCUT2D eigenvalue weighted by Crippen LogP contribution is -2.04. The fourth-order valence-electron chi connectivity index (χ4n) is 3.12. The summed E-state index contributed by atoms with van der Waals surface area (Å²) in [4.78, 5) is 10.1. The molecule has 1 fully saturated rings. The minimum Gasteiger partial charge on any atom is -0.326 e. The predicted octanol–water partition coefficient (Wildman–Crippen LogP) is 5.64. The van der Waals surface area contributed by atoms with Gasteiger partial charge in [0.05, 0.1) is 16.6 Å². The smallest absolute Gasteiger partial charge is 0.326 e. The van der Waals surface area contributed by atoms with Crippen molar-refractivity contribution >= 4 is 22.8 Å². The van der Waals surface area contributed by atoms with Crippen LogP contribution in [0.3, 0.4) is 0 Å². The second-order valence-electron chi connectivity index (χ2n) is 6.52. The first-order valence-electron chi connectivity index (χ1n) is 8.55. The Hall–Kier alpha value is -2.02. The van der Waals surface area contributed by atoms with E-state index in [1.54, 1.807) is 11.8 Å². The maximum Gasteiger partial charge on any atom is 0.416 e. The molecule has 0 saturated heterocycles. The van der Waals surface area contributed by atoms with Gasteiger partial charge in [0.25, 0.3) is 0 Å². The van der Waals surface area contributed by atoms with Crippen LogP contribution in [0.1, 0.15) is 36.8 Å². The number of alkyl halides is 3. The molecule has 0 spiro atoms. The Morgan fingerprint density at radius 3 is 2.65 bits per heavy atom. The van der Waals surface area contributed by atoms with E-state index in [1.165, 1.54) is 24.5 Å². The molecular weight excluding hydrogens is 359 g/mol. The molecule has 1 aliphatic rings. The topological polar surface area (TPSA) is 30.7 Å². The highest BCUT2D eigenvalue weighted by molar-refractivity contribution is 7.99. The summed E-state index contributed by atoms with van der Waals surface area (Å²) in [6, 6.07) is 5.83. The van der Waals surface area contributed by atoms with E-state index in [0.29, 0.717) is 22.8 Å². The Labute approximate surface area is 153 Å². The third-order valence-electron chi connectivity index (χ3n) is 4.64. The van der Waals surface area contributed by atoms with Crippen LogP contribution in [0.4, 0.5) is 13.2 Å². The second-order valence-corrected chi connectivity index (χ2v) is 7.82. The third kappa shape index (κ3) is 3.09. The van der Waals surface area contributed by atoms with Crippen molar-refractivity contribution in [3.8, 4) is 11.5 Å². The normalized spacial score (nSPS) is 15.0. The third-order valence-corrected chi connectivity index (χ3v) is 5.55. The quantitative estimate of drug-likeness (QED) is 0.551. The Kier molecular flexibility index (Phi) is 4.22. The van der Waals surface area contributed by atoms with Gasteiger partial charge in [-0.05, 0) is 54.3 Å². The number of aryl methyl sites for hydroxylation is 1. The van der Waals surface area contributed by atoms with Gasteiger partial charge in [0.1, 0.15) is 5.69 Å². The summed E-state index contributed by atoms with van der Waals surface area (Å²) in [7, 11) is 1.81. The van der Waals surface area contributed by atoms with Crippen molar-refractivity contribution < 1.29 is 13.2 Å². The number of aromatic nitrogens is 3. The molecule has 2 aromatic heterocycles. The van der Waals surface area contributed by atoms with Gasteiger partial charge in [-0.1, -0.05) is 6.92 Å². The maximum atomic E-state index is 13.0. The minimum atomic E-state index is -4.38. The van der Waals surface area contributed by atoms with Crippen molar-refractivity contribution in [3.63, 3.8) is 0 Å². The summed E-state index contributed by atoms with van der Waals surface area (Å²) in [5.74, 6) is 2.09. The van der Waals surface area contributed by atoms with Crippen molar-refractivity contribution in [1.82, 2.24) is 14.5 Å². The van der Waals surface area contributed by atoms with Crippen LogP contribution in [0.5, 0.6) is 0 Å². The SMILES string of the molecule is CCSc1cc(C2CC2)cnc1-c1nc2cc(C(F)(F)F)ccc2n1C. The van der Waals surface area contributed by atoms with Crippen LogP contribution < -0.4 is 0 Å². The van der Waals surface area contributed by atoms with Gasteiger partial charge in [-0.3, -0.25) is 4.98 Å². The highest BCUT2D eigenvalue weighted by Gasteiger charge is 2.31. The molecule has 7 heteroatoms. The maximum absolute atomic E-state index is 13.0. The van der Waals surface area contributed by atoms with Crippen molar-refractivity contribution in [2.45, 2.75) is 36.8 Å². The molecule has 1 aromatic carbocycles. The fourth-order valence-corrected chi connectivity index (χ4v) is 3.93. The van der Waals surface area contributed by atoms with Crippen LogP contribution in [0.15, 0.2) is 35.4 Å². The average molecular weight is 377 g/mol. The Bertz CT molecular complexity index is 974. The number of imidazole rings is 1. The highest BCUT2D eigenvalue weighted by Crippen LogP contribution is 2.42. The number of rotatable bonds is 4. The second kappa shape index (κ2) is 6.30. The van der Waals surface area contributed by atoms with Gasteiger partial charge >= 0.3 is 6.18 Å².